The Labute approximate surface area is 137 Å². The minimum Gasteiger partial charge on any atom is -0.384 e. The number of carbonyl (C=O) groups excluding carboxylic acids is 1. The van der Waals surface area contributed by atoms with Crippen molar-refractivity contribution in [3.8, 4) is 0 Å². The van der Waals surface area contributed by atoms with E-state index in [0.717, 1.165) is 57.2 Å². The van der Waals surface area contributed by atoms with Gasteiger partial charge in [0.15, 0.2) is 0 Å². The molecule has 2 fully saturated rings. The number of methoxy groups -OCH3 is 1. The van der Waals surface area contributed by atoms with Gasteiger partial charge in [0.1, 0.15) is 5.76 Å². The summed E-state index contributed by atoms with van der Waals surface area (Å²) in [5.74, 6) is 1.56. The van der Waals surface area contributed by atoms with Gasteiger partial charge in [0.25, 0.3) is 0 Å². The first-order valence-corrected chi connectivity index (χ1v) is 8.34. The van der Waals surface area contributed by atoms with Crippen LogP contribution in [0.15, 0.2) is 4.52 Å². The van der Waals surface area contributed by atoms with Crippen LogP contribution < -0.4 is 0 Å². The maximum atomic E-state index is 11.8. The molecule has 0 spiro atoms. The molecule has 0 aromatic carbocycles. The average Bonchev–Trinajstić information content (AvgIpc) is 3.03. The van der Waals surface area contributed by atoms with Gasteiger partial charge < -0.3 is 14.2 Å². The Morgan fingerprint density at radius 3 is 2.83 bits per heavy atom. The monoisotopic (exact) mass is 321 g/mol. The Bertz CT molecular complexity index is 566. The zero-order valence-corrected chi connectivity index (χ0v) is 14.6. The molecule has 1 amide bonds. The predicted molar refractivity (Wildman–Crippen MR) is 85.9 cm³/mol. The molecule has 3 heterocycles. The molecule has 0 unspecified atom stereocenters. The van der Waals surface area contributed by atoms with E-state index in [1.54, 1.807) is 14.0 Å². The highest BCUT2D eigenvalue weighted by Crippen LogP contribution is 2.43. The summed E-state index contributed by atoms with van der Waals surface area (Å²) in [4.78, 5) is 16.3. The van der Waals surface area contributed by atoms with Crippen LogP contribution in [-0.4, -0.2) is 60.8 Å². The van der Waals surface area contributed by atoms with Crippen molar-refractivity contribution in [3.63, 3.8) is 0 Å². The number of likely N-dealkylation sites (tertiary alicyclic amines) is 2. The van der Waals surface area contributed by atoms with Crippen molar-refractivity contribution in [2.75, 3.05) is 39.9 Å². The van der Waals surface area contributed by atoms with Gasteiger partial charge in [0.2, 0.25) is 5.91 Å². The summed E-state index contributed by atoms with van der Waals surface area (Å²) in [5, 5.41) is 4.05. The smallest absolute Gasteiger partial charge is 0.219 e. The van der Waals surface area contributed by atoms with Crippen molar-refractivity contribution in [3.05, 3.63) is 17.0 Å². The third-order valence-electron chi connectivity index (χ3n) is 5.66. The number of piperidine rings is 1. The molecule has 6 nitrogen and oxygen atoms in total. The summed E-state index contributed by atoms with van der Waals surface area (Å²) < 4.78 is 10.8. The van der Waals surface area contributed by atoms with Crippen LogP contribution >= 0.6 is 0 Å². The molecule has 0 radical (unpaired) electrons. The van der Waals surface area contributed by atoms with Gasteiger partial charge in [-0.25, -0.2) is 0 Å². The zero-order chi connectivity index (χ0) is 16.6. The lowest BCUT2D eigenvalue weighted by Gasteiger charge is -2.43. The fourth-order valence-electron chi connectivity index (χ4n) is 4.21. The van der Waals surface area contributed by atoms with E-state index in [9.17, 15) is 4.79 Å². The number of hydrogen-bond donors (Lipinski definition) is 0. The van der Waals surface area contributed by atoms with Crippen LogP contribution in [0.5, 0.6) is 0 Å². The second-order valence-corrected chi connectivity index (χ2v) is 7.18. The average molecular weight is 321 g/mol. The molecule has 0 aliphatic carbocycles. The molecule has 23 heavy (non-hydrogen) atoms. The van der Waals surface area contributed by atoms with Crippen LogP contribution in [0.25, 0.3) is 0 Å². The summed E-state index contributed by atoms with van der Waals surface area (Å²) in [6.07, 6.45) is 1.07. The Hall–Kier alpha value is -1.40. The van der Waals surface area contributed by atoms with Crippen LogP contribution in [0.4, 0.5) is 0 Å². The van der Waals surface area contributed by atoms with Crippen LogP contribution in [0.3, 0.4) is 0 Å². The molecular weight excluding hydrogens is 294 g/mol. The summed E-state index contributed by atoms with van der Waals surface area (Å²) in [6.45, 7) is 10.9. The largest absolute Gasteiger partial charge is 0.384 e. The number of ether oxygens (including phenoxy) is 1. The van der Waals surface area contributed by atoms with Gasteiger partial charge in [-0.1, -0.05) is 5.16 Å². The fraction of sp³-hybridized carbons (Fsp3) is 0.765. The number of rotatable bonds is 4. The van der Waals surface area contributed by atoms with Crippen molar-refractivity contribution in [1.82, 2.24) is 15.0 Å². The Balaban J connectivity index is 1.73. The van der Waals surface area contributed by atoms with Gasteiger partial charge >= 0.3 is 0 Å². The first-order chi connectivity index (χ1) is 10.9. The lowest BCUT2D eigenvalue weighted by molar-refractivity contribution is -0.128. The Morgan fingerprint density at radius 2 is 2.22 bits per heavy atom. The summed E-state index contributed by atoms with van der Waals surface area (Å²) in [6, 6.07) is 0. The molecule has 0 N–H and O–H groups in total. The molecule has 3 rings (SSSR count). The van der Waals surface area contributed by atoms with Crippen molar-refractivity contribution >= 4 is 5.91 Å². The van der Waals surface area contributed by atoms with Gasteiger partial charge in [-0.15, -0.1) is 0 Å². The van der Waals surface area contributed by atoms with Crippen molar-refractivity contribution < 1.29 is 14.1 Å². The second-order valence-electron chi connectivity index (χ2n) is 7.18. The molecule has 2 saturated heterocycles. The number of hydrogen-bond acceptors (Lipinski definition) is 5. The number of carbonyl (C=O) groups is 1. The van der Waals surface area contributed by atoms with Gasteiger partial charge in [0, 0.05) is 51.2 Å². The SMILES string of the molecule is COC[C@@]12CCN(Cc3c(C)noc3C)C[C@@H]1CN(C(C)=O)C2. The normalized spacial score (nSPS) is 28.2. The van der Waals surface area contributed by atoms with E-state index in [0.29, 0.717) is 5.92 Å². The molecule has 0 saturated carbocycles. The first kappa shape index (κ1) is 16.5. The minimum absolute atomic E-state index is 0.121. The number of aromatic nitrogens is 1. The summed E-state index contributed by atoms with van der Waals surface area (Å²) in [7, 11) is 1.76. The van der Waals surface area contributed by atoms with E-state index in [1.165, 1.54) is 5.56 Å². The lowest BCUT2D eigenvalue weighted by Crippen LogP contribution is -2.48. The second kappa shape index (κ2) is 6.24. The highest BCUT2D eigenvalue weighted by molar-refractivity contribution is 5.73. The standard InChI is InChI=1S/C17H27N3O3/c1-12-16(13(2)23-18-12)9-19-6-5-17(11-22-4)10-20(14(3)21)8-15(17)7-19/h15H,5-11H2,1-4H3/t15-,17+/m1/s1. The summed E-state index contributed by atoms with van der Waals surface area (Å²) in [5.41, 5.74) is 2.30. The van der Waals surface area contributed by atoms with Gasteiger partial charge in [-0.3, -0.25) is 9.69 Å². The lowest BCUT2D eigenvalue weighted by atomic mass is 9.73. The molecule has 6 heteroatoms. The highest BCUT2D eigenvalue weighted by atomic mass is 16.5. The molecule has 0 bridgehead atoms. The van der Waals surface area contributed by atoms with Gasteiger partial charge in [0.05, 0.1) is 12.3 Å². The first-order valence-electron chi connectivity index (χ1n) is 8.34. The van der Waals surface area contributed by atoms with Crippen LogP contribution in [0.1, 0.15) is 30.4 Å². The highest BCUT2D eigenvalue weighted by Gasteiger charge is 2.50. The number of nitrogens with zero attached hydrogens (tertiary/aromatic N) is 3. The maximum Gasteiger partial charge on any atom is 0.219 e. The molecule has 128 valence electrons. The van der Waals surface area contributed by atoms with Gasteiger partial charge in [-0.05, 0) is 32.7 Å². The molecule has 1 aromatic rings. The molecule has 2 atom stereocenters. The van der Waals surface area contributed by atoms with Crippen molar-refractivity contribution in [1.29, 1.82) is 0 Å². The fourth-order valence-corrected chi connectivity index (χ4v) is 4.21. The zero-order valence-electron chi connectivity index (χ0n) is 14.6. The third kappa shape index (κ3) is 3.02. The van der Waals surface area contributed by atoms with Crippen LogP contribution in [0.2, 0.25) is 0 Å². The minimum atomic E-state index is 0.121. The number of amides is 1. The number of aryl methyl sites for hydroxylation is 2. The maximum absolute atomic E-state index is 11.8. The molecule has 2 aliphatic heterocycles. The van der Waals surface area contributed by atoms with E-state index in [-0.39, 0.29) is 11.3 Å². The molecule has 1 aromatic heterocycles. The van der Waals surface area contributed by atoms with Crippen LogP contribution in [0, 0.1) is 25.2 Å². The summed E-state index contributed by atoms with van der Waals surface area (Å²) >= 11 is 0. The van der Waals surface area contributed by atoms with Gasteiger partial charge in [-0.2, -0.15) is 0 Å². The van der Waals surface area contributed by atoms with E-state index in [2.05, 4.69) is 10.1 Å². The van der Waals surface area contributed by atoms with Crippen LogP contribution in [-0.2, 0) is 16.1 Å². The van der Waals surface area contributed by atoms with Crippen molar-refractivity contribution in [2.24, 2.45) is 11.3 Å². The quantitative estimate of drug-likeness (QED) is 0.843. The third-order valence-corrected chi connectivity index (χ3v) is 5.66. The van der Waals surface area contributed by atoms with E-state index >= 15 is 0 Å². The van der Waals surface area contributed by atoms with E-state index < -0.39 is 0 Å². The predicted octanol–water partition coefficient (Wildman–Crippen LogP) is 1.61. The molecular formula is C17H27N3O3. The Kier molecular flexibility index (Phi) is 4.47. The number of fused-ring (bicyclic) bond motifs is 1. The van der Waals surface area contributed by atoms with E-state index in [1.807, 2.05) is 18.7 Å². The molecule has 2 aliphatic rings. The Morgan fingerprint density at radius 1 is 1.43 bits per heavy atom. The van der Waals surface area contributed by atoms with Crippen molar-refractivity contribution in [2.45, 2.75) is 33.7 Å². The van der Waals surface area contributed by atoms with E-state index in [4.69, 9.17) is 9.26 Å². The topological polar surface area (TPSA) is 58.8 Å².